The molecule has 1 aromatic heterocycles. The first-order valence-electron chi connectivity index (χ1n) is 5.61. The number of pyridine rings is 1. The van der Waals surface area contributed by atoms with Crippen molar-refractivity contribution in [3.05, 3.63) is 56.7 Å². The molecule has 0 radical (unpaired) electrons. The maximum atomic E-state index is 8.74. The van der Waals surface area contributed by atoms with Gasteiger partial charge in [-0.15, -0.1) is 0 Å². The van der Waals surface area contributed by atoms with Gasteiger partial charge in [-0.25, -0.2) is 0 Å². The number of halogens is 2. The van der Waals surface area contributed by atoms with E-state index >= 15 is 0 Å². The Balaban J connectivity index is 2.19. The Morgan fingerprint density at radius 1 is 1.35 bits per heavy atom. The molecule has 0 aliphatic heterocycles. The quantitative estimate of drug-likeness (QED) is 0.357. The van der Waals surface area contributed by atoms with E-state index in [1.807, 2.05) is 24.3 Å². The third-order valence-electron chi connectivity index (χ3n) is 2.52. The highest BCUT2D eigenvalue weighted by atomic mass is 79.9. The average molecular weight is 401 g/mol. The summed E-state index contributed by atoms with van der Waals surface area (Å²) in [6.45, 7) is 0.264. The number of nitrogens with two attached hydrogens (primary N) is 1. The van der Waals surface area contributed by atoms with Crippen LogP contribution in [0.3, 0.4) is 0 Å². The van der Waals surface area contributed by atoms with E-state index in [1.165, 1.54) is 0 Å². The van der Waals surface area contributed by atoms with E-state index in [9.17, 15) is 0 Å². The number of aromatic nitrogens is 1. The molecule has 0 spiro atoms. The van der Waals surface area contributed by atoms with Gasteiger partial charge in [0.1, 0.15) is 18.1 Å². The second-order valence-electron chi connectivity index (χ2n) is 3.86. The van der Waals surface area contributed by atoms with Crippen LogP contribution in [-0.2, 0) is 6.61 Å². The lowest BCUT2D eigenvalue weighted by Gasteiger charge is -2.10. The molecule has 0 atom stereocenters. The van der Waals surface area contributed by atoms with Crippen molar-refractivity contribution in [2.24, 2.45) is 10.9 Å². The third kappa shape index (κ3) is 3.49. The zero-order valence-electron chi connectivity index (χ0n) is 10.3. The number of rotatable bonds is 4. The molecule has 0 saturated heterocycles. The first-order chi connectivity index (χ1) is 9.61. The fourth-order valence-electron chi connectivity index (χ4n) is 1.58. The molecule has 1 aromatic carbocycles. The van der Waals surface area contributed by atoms with Crippen molar-refractivity contribution in [2.75, 3.05) is 0 Å². The predicted octanol–water partition coefficient (Wildman–Crippen LogP) is 3.28. The van der Waals surface area contributed by atoms with Crippen LogP contribution in [0.4, 0.5) is 0 Å². The van der Waals surface area contributed by atoms with Gasteiger partial charge < -0.3 is 15.7 Å². The minimum atomic E-state index is -0.0425. The van der Waals surface area contributed by atoms with Gasteiger partial charge in [0.2, 0.25) is 0 Å². The van der Waals surface area contributed by atoms with E-state index < -0.39 is 0 Å². The van der Waals surface area contributed by atoms with Crippen LogP contribution in [0.1, 0.15) is 11.3 Å². The molecule has 0 aliphatic carbocycles. The SMILES string of the molecule is NC(=NO)c1ncccc1COc1ccc(Br)cc1Br. The molecule has 0 aliphatic rings. The first-order valence-corrected chi connectivity index (χ1v) is 7.20. The number of hydrogen-bond acceptors (Lipinski definition) is 4. The highest BCUT2D eigenvalue weighted by molar-refractivity contribution is 9.11. The molecule has 1 heterocycles. The van der Waals surface area contributed by atoms with Crippen LogP contribution in [0.25, 0.3) is 0 Å². The van der Waals surface area contributed by atoms with Gasteiger partial charge in [0.15, 0.2) is 5.84 Å². The van der Waals surface area contributed by atoms with Crippen molar-refractivity contribution in [3.63, 3.8) is 0 Å². The second kappa shape index (κ2) is 6.71. The van der Waals surface area contributed by atoms with Crippen molar-refractivity contribution in [2.45, 2.75) is 6.61 Å². The topological polar surface area (TPSA) is 80.7 Å². The molecule has 5 nitrogen and oxygen atoms in total. The van der Waals surface area contributed by atoms with Crippen LogP contribution in [0, 0.1) is 0 Å². The number of ether oxygens (including phenoxy) is 1. The number of nitrogens with zero attached hydrogens (tertiary/aromatic N) is 2. The Morgan fingerprint density at radius 3 is 2.85 bits per heavy atom. The molecule has 7 heteroatoms. The van der Waals surface area contributed by atoms with E-state index in [0.717, 1.165) is 14.5 Å². The van der Waals surface area contributed by atoms with Crippen LogP contribution in [0.5, 0.6) is 5.75 Å². The largest absolute Gasteiger partial charge is 0.488 e. The van der Waals surface area contributed by atoms with E-state index in [2.05, 4.69) is 42.0 Å². The van der Waals surface area contributed by atoms with Crippen LogP contribution >= 0.6 is 31.9 Å². The van der Waals surface area contributed by atoms with Crippen molar-refractivity contribution in [1.29, 1.82) is 0 Å². The summed E-state index contributed by atoms with van der Waals surface area (Å²) in [5.74, 6) is 0.654. The molecule has 0 amide bonds. The van der Waals surface area contributed by atoms with E-state index in [0.29, 0.717) is 11.4 Å². The smallest absolute Gasteiger partial charge is 0.189 e. The first kappa shape index (κ1) is 14.8. The molecule has 3 N–H and O–H groups in total. The fraction of sp³-hybridized carbons (Fsp3) is 0.0769. The Bertz CT molecular complexity index is 647. The van der Waals surface area contributed by atoms with Gasteiger partial charge in [-0.05, 0) is 40.2 Å². The van der Waals surface area contributed by atoms with Gasteiger partial charge in [-0.3, -0.25) is 4.98 Å². The van der Waals surface area contributed by atoms with Crippen molar-refractivity contribution in [1.82, 2.24) is 4.98 Å². The fourth-order valence-corrected chi connectivity index (χ4v) is 2.74. The van der Waals surface area contributed by atoms with E-state index in [1.54, 1.807) is 12.3 Å². The minimum Gasteiger partial charge on any atom is -0.488 e. The van der Waals surface area contributed by atoms with Gasteiger partial charge in [-0.2, -0.15) is 0 Å². The van der Waals surface area contributed by atoms with E-state index in [4.69, 9.17) is 15.7 Å². The maximum Gasteiger partial charge on any atom is 0.189 e. The van der Waals surface area contributed by atoms with Crippen molar-refractivity contribution in [3.8, 4) is 5.75 Å². The Labute approximate surface area is 132 Å². The van der Waals surface area contributed by atoms with Gasteiger partial charge in [0, 0.05) is 16.2 Å². The monoisotopic (exact) mass is 399 g/mol. The van der Waals surface area contributed by atoms with Crippen molar-refractivity contribution >= 4 is 37.7 Å². The van der Waals surface area contributed by atoms with Gasteiger partial charge >= 0.3 is 0 Å². The van der Waals surface area contributed by atoms with Crippen LogP contribution in [0.15, 0.2) is 50.6 Å². The molecule has 0 fully saturated rings. The standard InChI is InChI=1S/C13H11Br2N3O2/c14-9-3-4-11(10(15)6-9)20-7-8-2-1-5-17-12(8)13(16)18-19/h1-6,19H,7H2,(H2,16,18). The second-order valence-corrected chi connectivity index (χ2v) is 5.63. The van der Waals surface area contributed by atoms with Crippen LogP contribution in [-0.4, -0.2) is 16.0 Å². The molecule has 0 bridgehead atoms. The average Bonchev–Trinajstić information content (AvgIpc) is 2.46. The highest BCUT2D eigenvalue weighted by Crippen LogP contribution is 2.28. The predicted molar refractivity (Wildman–Crippen MR) is 82.9 cm³/mol. The number of benzene rings is 1. The molecule has 104 valence electrons. The number of oxime groups is 1. The molecule has 2 aromatic rings. The summed E-state index contributed by atoms with van der Waals surface area (Å²) < 4.78 is 7.50. The molecular weight excluding hydrogens is 390 g/mol. The summed E-state index contributed by atoms with van der Waals surface area (Å²) in [7, 11) is 0. The normalized spacial score (nSPS) is 11.4. The summed E-state index contributed by atoms with van der Waals surface area (Å²) in [4.78, 5) is 4.08. The lowest BCUT2D eigenvalue weighted by Crippen LogP contribution is -2.18. The lowest BCUT2D eigenvalue weighted by molar-refractivity contribution is 0.302. The third-order valence-corrected chi connectivity index (χ3v) is 3.63. The number of amidine groups is 1. The Hall–Kier alpha value is -1.60. The van der Waals surface area contributed by atoms with Gasteiger partial charge in [0.25, 0.3) is 0 Å². The summed E-state index contributed by atoms with van der Waals surface area (Å²) in [5, 5.41) is 11.7. The summed E-state index contributed by atoms with van der Waals surface area (Å²) in [6.07, 6.45) is 1.58. The van der Waals surface area contributed by atoms with Gasteiger partial charge in [-0.1, -0.05) is 27.2 Å². The molecule has 2 rings (SSSR count). The molecule has 0 unspecified atom stereocenters. The van der Waals surface area contributed by atoms with Crippen molar-refractivity contribution < 1.29 is 9.94 Å². The maximum absolute atomic E-state index is 8.74. The Morgan fingerprint density at radius 2 is 2.15 bits per heavy atom. The summed E-state index contributed by atoms with van der Waals surface area (Å²) >= 11 is 6.80. The zero-order chi connectivity index (χ0) is 14.5. The molecular formula is C13H11Br2N3O2. The lowest BCUT2D eigenvalue weighted by atomic mass is 10.2. The number of hydrogen-bond donors (Lipinski definition) is 2. The minimum absolute atomic E-state index is 0.0425. The van der Waals surface area contributed by atoms with Crippen LogP contribution < -0.4 is 10.5 Å². The van der Waals surface area contributed by atoms with E-state index in [-0.39, 0.29) is 12.4 Å². The molecule has 20 heavy (non-hydrogen) atoms. The van der Waals surface area contributed by atoms with Gasteiger partial charge in [0.05, 0.1) is 4.47 Å². The highest BCUT2D eigenvalue weighted by Gasteiger charge is 2.09. The zero-order valence-corrected chi connectivity index (χ0v) is 13.4. The van der Waals surface area contributed by atoms with Crippen LogP contribution in [0.2, 0.25) is 0 Å². The summed E-state index contributed by atoms with van der Waals surface area (Å²) in [6, 6.07) is 9.20. The Kier molecular flexibility index (Phi) is 4.97. The summed E-state index contributed by atoms with van der Waals surface area (Å²) in [5.41, 5.74) is 6.72. The molecule has 0 saturated carbocycles.